The molecule has 0 aliphatic heterocycles. The zero-order chi connectivity index (χ0) is 15.5. The first-order valence-corrected chi connectivity index (χ1v) is 7.18. The molecular weight excluding hydrogens is 302 g/mol. The van der Waals surface area contributed by atoms with Gasteiger partial charge in [0.15, 0.2) is 6.61 Å². The van der Waals surface area contributed by atoms with Gasteiger partial charge in [-0.2, -0.15) is 0 Å². The van der Waals surface area contributed by atoms with Gasteiger partial charge in [-0.25, -0.2) is 0 Å². The Morgan fingerprint density at radius 3 is 2.59 bits per heavy atom. The number of ether oxygens (including phenoxy) is 1. The SMILES string of the molecule is O=C(COc1ccc(Cl)cc1)n1cc(CO)c2ccccc21. The number of hydrogen-bond donors (Lipinski definition) is 1. The number of fused-ring (bicyclic) bond motifs is 1. The van der Waals surface area contributed by atoms with Crippen molar-refractivity contribution in [3.8, 4) is 5.75 Å². The van der Waals surface area contributed by atoms with Crippen molar-refractivity contribution in [2.75, 3.05) is 6.61 Å². The molecule has 0 bridgehead atoms. The highest BCUT2D eigenvalue weighted by molar-refractivity contribution is 6.30. The molecule has 0 radical (unpaired) electrons. The lowest BCUT2D eigenvalue weighted by molar-refractivity contribution is 0.0843. The van der Waals surface area contributed by atoms with E-state index in [4.69, 9.17) is 16.3 Å². The summed E-state index contributed by atoms with van der Waals surface area (Å²) < 4.78 is 6.99. The Morgan fingerprint density at radius 2 is 1.86 bits per heavy atom. The van der Waals surface area contributed by atoms with E-state index in [9.17, 15) is 9.90 Å². The molecular formula is C17H14ClNO3. The van der Waals surface area contributed by atoms with Crippen molar-refractivity contribution in [3.63, 3.8) is 0 Å². The number of para-hydroxylation sites is 1. The highest BCUT2D eigenvalue weighted by Gasteiger charge is 2.13. The van der Waals surface area contributed by atoms with E-state index >= 15 is 0 Å². The zero-order valence-corrected chi connectivity index (χ0v) is 12.5. The molecule has 2 aromatic carbocycles. The Kier molecular flexibility index (Phi) is 4.13. The first kappa shape index (κ1) is 14.6. The van der Waals surface area contributed by atoms with Gasteiger partial charge in [0.25, 0.3) is 5.91 Å². The quantitative estimate of drug-likeness (QED) is 0.801. The number of nitrogens with zero attached hydrogens (tertiary/aromatic N) is 1. The standard InChI is InChI=1S/C17H14ClNO3/c18-13-5-7-14(8-6-13)22-11-17(21)19-9-12(10-20)15-3-1-2-4-16(15)19/h1-9,20H,10-11H2. The van der Waals surface area contributed by atoms with Gasteiger partial charge >= 0.3 is 0 Å². The van der Waals surface area contributed by atoms with Crippen molar-refractivity contribution >= 4 is 28.4 Å². The Morgan fingerprint density at radius 1 is 1.14 bits per heavy atom. The minimum Gasteiger partial charge on any atom is -0.484 e. The summed E-state index contributed by atoms with van der Waals surface area (Å²) in [6, 6.07) is 14.3. The summed E-state index contributed by atoms with van der Waals surface area (Å²) in [5.41, 5.74) is 1.48. The molecule has 1 N–H and O–H groups in total. The van der Waals surface area contributed by atoms with Crippen LogP contribution >= 0.6 is 11.6 Å². The monoisotopic (exact) mass is 315 g/mol. The lowest BCUT2D eigenvalue weighted by Crippen LogP contribution is -2.18. The minimum atomic E-state index is -0.203. The number of hydrogen-bond acceptors (Lipinski definition) is 3. The fraction of sp³-hybridized carbons (Fsp3) is 0.118. The molecule has 0 aliphatic carbocycles. The van der Waals surface area contributed by atoms with Crippen LogP contribution in [-0.2, 0) is 6.61 Å². The van der Waals surface area contributed by atoms with Crippen LogP contribution < -0.4 is 4.74 Å². The van der Waals surface area contributed by atoms with E-state index in [-0.39, 0.29) is 19.1 Å². The van der Waals surface area contributed by atoms with Gasteiger partial charge in [-0.1, -0.05) is 29.8 Å². The van der Waals surface area contributed by atoms with E-state index in [1.807, 2.05) is 24.3 Å². The van der Waals surface area contributed by atoms with Gasteiger partial charge in [-0.15, -0.1) is 0 Å². The predicted molar refractivity (Wildman–Crippen MR) is 85.4 cm³/mol. The van der Waals surface area contributed by atoms with Gasteiger partial charge in [-0.05, 0) is 30.3 Å². The molecule has 3 aromatic rings. The number of benzene rings is 2. The Bertz CT molecular complexity index is 808. The third-order valence-electron chi connectivity index (χ3n) is 3.41. The van der Waals surface area contributed by atoms with Crippen LogP contribution in [0.3, 0.4) is 0 Å². The number of carbonyl (C=O) groups is 1. The van der Waals surface area contributed by atoms with Gasteiger partial charge in [0.1, 0.15) is 5.75 Å². The van der Waals surface area contributed by atoms with Crippen LogP contribution in [0.4, 0.5) is 0 Å². The molecule has 0 spiro atoms. The molecule has 1 aromatic heterocycles. The van der Waals surface area contributed by atoms with E-state index in [0.29, 0.717) is 10.8 Å². The molecule has 0 aliphatic rings. The van der Waals surface area contributed by atoms with E-state index < -0.39 is 0 Å². The van der Waals surface area contributed by atoms with Crippen LogP contribution in [0.1, 0.15) is 10.4 Å². The van der Waals surface area contributed by atoms with Crippen molar-refractivity contribution in [1.29, 1.82) is 0 Å². The zero-order valence-electron chi connectivity index (χ0n) is 11.7. The number of rotatable bonds is 4. The van der Waals surface area contributed by atoms with E-state index in [1.54, 1.807) is 30.5 Å². The van der Waals surface area contributed by atoms with Crippen molar-refractivity contribution in [2.24, 2.45) is 0 Å². The smallest absolute Gasteiger partial charge is 0.268 e. The molecule has 0 fully saturated rings. The van der Waals surface area contributed by atoms with Gasteiger partial charge in [-0.3, -0.25) is 9.36 Å². The number of aromatic nitrogens is 1. The van der Waals surface area contributed by atoms with Crippen molar-refractivity contribution < 1.29 is 14.6 Å². The topological polar surface area (TPSA) is 51.5 Å². The second kappa shape index (κ2) is 6.22. The first-order chi connectivity index (χ1) is 10.7. The maximum absolute atomic E-state index is 12.4. The molecule has 3 rings (SSSR count). The number of carbonyl (C=O) groups excluding carboxylic acids is 1. The molecule has 0 unspecified atom stereocenters. The molecule has 112 valence electrons. The average molecular weight is 316 g/mol. The summed E-state index contributed by atoms with van der Waals surface area (Å²) in [5, 5.41) is 10.9. The minimum absolute atomic E-state index is 0.0921. The van der Waals surface area contributed by atoms with Gasteiger partial charge in [0.2, 0.25) is 0 Å². The van der Waals surface area contributed by atoms with Gasteiger partial charge in [0.05, 0.1) is 12.1 Å². The number of aliphatic hydroxyl groups excluding tert-OH is 1. The predicted octanol–water partition coefficient (Wildman–Crippen LogP) is 3.51. The van der Waals surface area contributed by atoms with Crippen molar-refractivity contribution in [1.82, 2.24) is 4.57 Å². The second-order valence-corrected chi connectivity index (χ2v) is 5.27. The Labute approximate surface area is 132 Å². The maximum atomic E-state index is 12.4. The van der Waals surface area contributed by atoms with E-state index in [0.717, 1.165) is 16.5 Å². The lowest BCUT2D eigenvalue weighted by atomic mass is 10.2. The van der Waals surface area contributed by atoms with Gasteiger partial charge in [0, 0.05) is 22.2 Å². The summed E-state index contributed by atoms with van der Waals surface area (Å²) in [7, 11) is 0. The molecule has 0 amide bonds. The molecule has 0 saturated carbocycles. The Balaban J connectivity index is 1.82. The molecule has 0 saturated heterocycles. The summed E-state index contributed by atoms with van der Waals surface area (Å²) in [4.78, 5) is 12.4. The molecule has 4 nitrogen and oxygen atoms in total. The van der Waals surface area contributed by atoms with E-state index in [2.05, 4.69) is 0 Å². The van der Waals surface area contributed by atoms with Gasteiger partial charge < -0.3 is 9.84 Å². The van der Waals surface area contributed by atoms with E-state index in [1.165, 1.54) is 4.57 Å². The number of aliphatic hydroxyl groups is 1. The summed E-state index contributed by atoms with van der Waals surface area (Å²) in [6.07, 6.45) is 1.65. The largest absolute Gasteiger partial charge is 0.484 e. The summed E-state index contributed by atoms with van der Waals surface area (Å²) in [5.74, 6) is 0.377. The van der Waals surface area contributed by atoms with Crippen LogP contribution in [0.2, 0.25) is 5.02 Å². The molecule has 1 heterocycles. The fourth-order valence-electron chi connectivity index (χ4n) is 2.33. The second-order valence-electron chi connectivity index (χ2n) is 4.84. The van der Waals surface area contributed by atoms with Crippen LogP contribution in [0, 0.1) is 0 Å². The molecule has 5 heteroatoms. The lowest BCUT2D eigenvalue weighted by Gasteiger charge is -2.07. The molecule has 22 heavy (non-hydrogen) atoms. The fourth-order valence-corrected chi connectivity index (χ4v) is 2.45. The third-order valence-corrected chi connectivity index (χ3v) is 3.66. The molecule has 0 atom stereocenters. The van der Waals surface area contributed by atoms with Crippen molar-refractivity contribution in [2.45, 2.75) is 6.61 Å². The van der Waals surface area contributed by atoms with Crippen LogP contribution in [0.25, 0.3) is 10.9 Å². The Hall–Kier alpha value is -2.30. The van der Waals surface area contributed by atoms with Crippen LogP contribution in [0.15, 0.2) is 54.7 Å². The normalized spacial score (nSPS) is 10.8. The third kappa shape index (κ3) is 2.84. The summed E-state index contributed by atoms with van der Waals surface area (Å²) in [6.45, 7) is -0.204. The highest BCUT2D eigenvalue weighted by Crippen LogP contribution is 2.21. The first-order valence-electron chi connectivity index (χ1n) is 6.80. The summed E-state index contributed by atoms with van der Waals surface area (Å²) >= 11 is 5.80. The number of halogens is 1. The maximum Gasteiger partial charge on any atom is 0.268 e. The highest BCUT2D eigenvalue weighted by atomic mass is 35.5. The average Bonchev–Trinajstić information content (AvgIpc) is 2.93. The van der Waals surface area contributed by atoms with Crippen LogP contribution in [0.5, 0.6) is 5.75 Å². The van der Waals surface area contributed by atoms with Crippen molar-refractivity contribution in [3.05, 3.63) is 65.3 Å². The van der Waals surface area contributed by atoms with Crippen LogP contribution in [-0.4, -0.2) is 22.2 Å².